The van der Waals surface area contributed by atoms with Gasteiger partial charge in [-0.05, 0) is 37.1 Å². The van der Waals surface area contributed by atoms with Gasteiger partial charge in [-0.3, -0.25) is 9.59 Å². The minimum Gasteiger partial charge on any atom is -0.465 e. The molecule has 2 aromatic heterocycles. The molecule has 0 unspecified atom stereocenters. The standard InChI is InChI=1S/C23H23N5O4/c29-17-8-4-7-16-20(17)22(26-15-5-2-1-3-6-15)21(27-16)14-9-11-24-18(13-14)28-19(30)10-12-25-23(31)32/h1-3,5-6,9,11,13,25-27H,4,7-8,10,12H2,(H,31,32)(H,24,28,30). The summed E-state index contributed by atoms with van der Waals surface area (Å²) >= 11 is 0. The van der Waals surface area contributed by atoms with E-state index in [1.54, 1.807) is 18.3 Å². The van der Waals surface area contributed by atoms with Crippen LogP contribution in [0.4, 0.5) is 22.0 Å². The number of rotatable bonds is 7. The van der Waals surface area contributed by atoms with Crippen molar-refractivity contribution in [2.75, 3.05) is 17.2 Å². The molecule has 1 aliphatic rings. The van der Waals surface area contributed by atoms with E-state index in [4.69, 9.17) is 5.11 Å². The number of carbonyl (C=O) groups is 3. The van der Waals surface area contributed by atoms with Crippen molar-refractivity contribution in [3.8, 4) is 11.3 Å². The summed E-state index contributed by atoms with van der Waals surface area (Å²) in [6.45, 7) is 0.0114. The molecule has 2 amide bonds. The molecule has 164 valence electrons. The Kier molecular flexibility index (Phi) is 6.16. The zero-order valence-electron chi connectivity index (χ0n) is 17.3. The number of carbonyl (C=O) groups excluding carboxylic acids is 2. The molecule has 3 aromatic rings. The maximum Gasteiger partial charge on any atom is 0.404 e. The lowest BCUT2D eigenvalue weighted by Crippen LogP contribution is -2.26. The summed E-state index contributed by atoms with van der Waals surface area (Å²) in [5, 5.41) is 16.8. The van der Waals surface area contributed by atoms with Crippen molar-refractivity contribution in [1.82, 2.24) is 15.3 Å². The molecule has 32 heavy (non-hydrogen) atoms. The topological polar surface area (TPSA) is 136 Å². The summed E-state index contributed by atoms with van der Waals surface area (Å²) in [5.41, 5.74) is 4.67. The van der Waals surface area contributed by atoms with E-state index in [2.05, 4.69) is 25.9 Å². The number of para-hydroxylation sites is 1. The second kappa shape index (κ2) is 9.34. The number of nitrogens with zero attached hydrogens (tertiary/aromatic N) is 1. The van der Waals surface area contributed by atoms with Gasteiger partial charge in [0.25, 0.3) is 0 Å². The number of aromatic amines is 1. The molecule has 0 atom stereocenters. The number of benzene rings is 1. The lowest BCUT2D eigenvalue weighted by atomic mass is 9.95. The Morgan fingerprint density at radius 1 is 1.12 bits per heavy atom. The highest BCUT2D eigenvalue weighted by Crippen LogP contribution is 2.39. The first-order chi connectivity index (χ1) is 15.5. The highest BCUT2D eigenvalue weighted by molar-refractivity contribution is 6.07. The Morgan fingerprint density at radius 3 is 2.72 bits per heavy atom. The molecule has 0 spiro atoms. The van der Waals surface area contributed by atoms with Gasteiger partial charge in [0.05, 0.1) is 16.9 Å². The third-order valence-corrected chi connectivity index (χ3v) is 5.17. The average Bonchev–Trinajstić information content (AvgIpc) is 3.14. The molecule has 0 aliphatic heterocycles. The predicted molar refractivity (Wildman–Crippen MR) is 120 cm³/mol. The van der Waals surface area contributed by atoms with Gasteiger partial charge >= 0.3 is 6.09 Å². The molecule has 9 nitrogen and oxygen atoms in total. The number of fused-ring (bicyclic) bond motifs is 1. The number of nitrogens with one attached hydrogen (secondary N) is 4. The number of Topliss-reactive ketones (excluding diaryl/α,β-unsaturated/α-hetero) is 1. The molecular formula is C23H23N5O4. The second-order valence-electron chi connectivity index (χ2n) is 7.46. The third-order valence-electron chi connectivity index (χ3n) is 5.17. The number of H-pyrrole nitrogens is 1. The normalized spacial score (nSPS) is 12.7. The Balaban J connectivity index is 1.63. The smallest absolute Gasteiger partial charge is 0.404 e. The van der Waals surface area contributed by atoms with E-state index < -0.39 is 6.09 Å². The SMILES string of the molecule is O=C(O)NCCC(=O)Nc1cc(-c2[nH]c3c(c2Nc2ccccc2)C(=O)CCC3)ccn1. The van der Waals surface area contributed by atoms with Crippen LogP contribution < -0.4 is 16.0 Å². The first kappa shape index (κ1) is 21.1. The minimum absolute atomic E-state index is 0.00960. The van der Waals surface area contributed by atoms with Crippen LogP contribution in [-0.4, -0.2) is 39.4 Å². The van der Waals surface area contributed by atoms with Gasteiger partial charge in [0.2, 0.25) is 5.91 Å². The van der Waals surface area contributed by atoms with E-state index in [0.717, 1.165) is 35.5 Å². The van der Waals surface area contributed by atoms with Gasteiger partial charge in [-0.25, -0.2) is 9.78 Å². The molecule has 4 rings (SSSR count). The van der Waals surface area contributed by atoms with Gasteiger partial charge in [0.1, 0.15) is 5.82 Å². The average molecular weight is 433 g/mol. The molecule has 0 saturated carbocycles. The first-order valence-corrected chi connectivity index (χ1v) is 10.3. The van der Waals surface area contributed by atoms with E-state index in [1.807, 2.05) is 30.3 Å². The molecule has 0 radical (unpaired) electrons. The summed E-state index contributed by atoms with van der Waals surface area (Å²) in [6, 6.07) is 13.2. The summed E-state index contributed by atoms with van der Waals surface area (Å²) in [4.78, 5) is 42.9. The number of pyridine rings is 1. The van der Waals surface area contributed by atoms with E-state index in [0.29, 0.717) is 23.5 Å². The molecule has 1 aliphatic carbocycles. The fraction of sp³-hybridized carbons (Fsp3) is 0.217. The largest absolute Gasteiger partial charge is 0.465 e. The summed E-state index contributed by atoms with van der Waals surface area (Å²) in [5.74, 6) is 0.0834. The van der Waals surface area contributed by atoms with Crippen LogP contribution in [0.5, 0.6) is 0 Å². The maximum absolute atomic E-state index is 12.7. The Morgan fingerprint density at radius 2 is 1.94 bits per heavy atom. The number of aryl methyl sites for hydroxylation is 1. The van der Waals surface area contributed by atoms with Crippen LogP contribution in [0.3, 0.4) is 0 Å². The zero-order valence-corrected chi connectivity index (χ0v) is 17.3. The van der Waals surface area contributed by atoms with Crippen molar-refractivity contribution < 1.29 is 19.5 Å². The van der Waals surface area contributed by atoms with Crippen LogP contribution in [-0.2, 0) is 11.2 Å². The molecule has 0 fully saturated rings. The van der Waals surface area contributed by atoms with Gasteiger partial charge in [-0.2, -0.15) is 0 Å². The number of ketones is 1. The van der Waals surface area contributed by atoms with Crippen molar-refractivity contribution in [1.29, 1.82) is 0 Å². The Labute approximate surface area is 184 Å². The van der Waals surface area contributed by atoms with Crippen LogP contribution in [0.1, 0.15) is 35.3 Å². The monoisotopic (exact) mass is 433 g/mol. The first-order valence-electron chi connectivity index (χ1n) is 10.3. The van der Waals surface area contributed by atoms with E-state index in [-0.39, 0.29) is 24.7 Å². The Hall–Kier alpha value is -4.14. The van der Waals surface area contributed by atoms with Crippen LogP contribution in [0, 0.1) is 0 Å². The maximum atomic E-state index is 12.7. The van der Waals surface area contributed by atoms with Crippen molar-refractivity contribution in [2.45, 2.75) is 25.7 Å². The summed E-state index contributed by atoms with van der Waals surface area (Å²) in [7, 11) is 0. The fourth-order valence-electron chi connectivity index (χ4n) is 3.75. The number of amides is 2. The predicted octanol–water partition coefficient (Wildman–Crippen LogP) is 3.94. The lowest BCUT2D eigenvalue weighted by molar-refractivity contribution is -0.116. The van der Waals surface area contributed by atoms with E-state index in [1.165, 1.54) is 0 Å². The van der Waals surface area contributed by atoms with Gasteiger partial charge < -0.3 is 26.0 Å². The van der Waals surface area contributed by atoms with Crippen LogP contribution in [0.25, 0.3) is 11.3 Å². The van der Waals surface area contributed by atoms with Crippen molar-refractivity contribution >= 4 is 35.0 Å². The van der Waals surface area contributed by atoms with E-state index in [9.17, 15) is 14.4 Å². The molecule has 0 bridgehead atoms. The van der Waals surface area contributed by atoms with Crippen molar-refractivity contribution in [3.05, 3.63) is 59.9 Å². The highest BCUT2D eigenvalue weighted by atomic mass is 16.4. The number of hydrogen-bond donors (Lipinski definition) is 5. The molecule has 9 heteroatoms. The minimum atomic E-state index is -1.18. The van der Waals surface area contributed by atoms with Gasteiger partial charge in [0.15, 0.2) is 5.78 Å². The summed E-state index contributed by atoms with van der Waals surface area (Å²) < 4.78 is 0. The van der Waals surface area contributed by atoms with Gasteiger partial charge in [-0.1, -0.05) is 18.2 Å². The molecule has 2 heterocycles. The number of aromatic nitrogens is 2. The van der Waals surface area contributed by atoms with Gasteiger partial charge in [-0.15, -0.1) is 0 Å². The second-order valence-corrected chi connectivity index (χ2v) is 7.46. The third kappa shape index (κ3) is 4.77. The molecule has 0 saturated heterocycles. The van der Waals surface area contributed by atoms with Crippen LogP contribution in [0.2, 0.25) is 0 Å². The molecule has 1 aromatic carbocycles. The van der Waals surface area contributed by atoms with Crippen LogP contribution in [0.15, 0.2) is 48.7 Å². The fourth-order valence-corrected chi connectivity index (χ4v) is 3.75. The quantitative estimate of drug-likeness (QED) is 0.383. The number of carboxylic acid groups (broad SMARTS) is 1. The Bertz CT molecular complexity index is 1160. The van der Waals surface area contributed by atoms with Crippen LogP contribution >= 0.6 is 0 Å². The van der Waals surface area contributed by atoms with Crippen molar-refractivity contribution in [3.63, 3.8) is 0 Å². The highest BCUT2D eigenvalue weighted by Gasteiger charge is 2.27. The number of anilines is 3. The van der Waals surface area contributed by atoms with Gasteiger partial charge in [0, 0.05) is 42.5 Å². The summed E-state index contributed by atoms with van der Waals surface area (Å²) in [6.07, 6.45) is 2.49. The lowest BCUT2D eigenvalue weighted by Gasteiger charge is -2.14. The number of hydrogen-bond acceptors (Lipinski definition) is 5. The molecule has 5 N–H and O–H groups in total. The van der Waals surface area contributed by atoms with E-state index >= 15 is 0 Å². The molecular weight excluding hydrogens is 410 g/mol. The van der Waals surface area contributed by atoms with Crippen molar-refractivity contribution in [2.24, 2.45) is 0 Å². The zero-order chi connectivity index (χ0) is 22.5.